The zero-order chi connectivity index (χ0) is 21.7. The molecule has 5 nitrogen and oxygen atoms in total. The molecule has 0 N–H and O–H groups in total. The van der Waals surface area contributed by atoms with Crippen LogP contribution in [0.3, 0.4) is 0 Å². The summed E-state index contributed by atoms with van der Waals surface area (Å²) < 4.78 is 0. The number of amides is 2. The molecule has 2 amide bonds. The number of anilines is 2. The summed E-state index contributed by atoms with van der Waals surface area (Å²) in [5.74, 6) is -1.30. The van der Waals surface area contributed by atoms with E-state index >= 15 is 0 Å². The van der Waals surface area contributed by atoms with Crippen molar-refractivity contribution in [3.63, 3.8) is 0 Å². The van der Waals surface area contributed by atoms with Crippen molar-refractivity contribution in [1.29, 1.82) is 0 Å². The Hall–Kier alpha value is -3.15. The lowest BCUT2D eigenvalue weighted by molar-refractivity contribution is -0.126. The highest BCUT2D eigenvalue weighted by atomic mass is 35.5. The molecule has 0 aromatic heterocycles. The van der Waals surface area contributed by atoms with Crippen LogP contribution in [0.25, 0.3) is 0 Å². The number of hydrogen-bond donors (Lipinski definition) is 0. The molecule has 2 heterocycles. The molecule has 0 radical (unpaired) electrons. The van der Waals surface area contributed by atoms with Crippen LogP contribution in [0.1, 0.15) is 22.7 Å². The second kappa shape index (κ2) is 7.52. The Morgan fingerprint density at radius 2 is 1.55 bits per heavy atom. The molecule has 5 rings (SSSR count). The lowest BCUT2D eigenvalue weighted by Gasteiger charge is -2.29. The van der Waals surface area contributed by atoms with Gasteiger partial charge in [-0.25, -0.2) is 9.96 Å². The number of rotatable bonds is 3. The number of fused-ring (bicyclic) bond motifs is 1. The summed E-state index contributed by atoms with van der Waals surface area (Å²) in [5.41, 5.74) is 4.05. The monoisotopic (exact) mass is 432 g/mol. The first-order chi connectivity index (χ1) is 15.0. The molecule has 156 valence electrons. The van der Waals surface area contributed by atoms with E-state index < -0.39 is 18.1 Å². The Morgan fingerprint density at radius 3 is 2.26 bits per heavy atom. The summed E-state index contributed by atoms with van der Waals surface area (Å²) >= 11 is 6.26. The van der Waals surface area contributed by atoms with E-state index in [2.05, 4.69) is 0 Å². The summed E-state index contributed by atoms with van der Waals surface area (Å²) in [4.78, 5) is 34.4. The second-order valence-electron chi connectivity index (χ2n) is 7.96. The third-order valence-corrected chi connectivity index (χ3v) is 6.43. The van der Waals surface area contributed by atoms with Crippen LogP contribution in [-0.2, 0) is 14.4 Å². The van der Waals surface area contributed by atoms with E-state index in [0.717, 1.165) is 16.8 Å². The Balaban J connectivity index is 1.60. The molecule has 0 aliphatic carbocycles. The number of imide groups is 1. The zero-order valence-electron chi connectivity index (χ0n) is 17.2. The van der Waals surface area contributed by atoms with Crippen molar-refractivity contribution in [2.45, 2.75) is 26.0 Å². The van der Waals surface area contributed by atoms with Gasteiger partial charge < -0.3 is 0 Å². The maximum absolute atomic E-state index is 13.6. The number of halogens is 1. The standard InChI is InChI=1S/C25H21ClN2O3/c1-15-11-13-17(14-12-15)22-21-23(31-28(22)18-7-4-3-5-8-18)25(30)27(24(21)29)20-10-6-9-19(26)16(20)2/h3-14,21-23H,1-2H3/t21-,22-,23-/m0/s1. The molecule has 3 aromatic carbocycles. The first-order valence-electron chi connectivity index (χ1n) is 10.2. The van der Waals surface area contributed by atoms with Crippen molar-refractivity contribution in [3.05, 3.63) is 94.5 Å². The van der Waals surface area contributed by atoms with E-state index in [1.165, 1.54) is 4.90 Å². The molecule has 0 bridgehead atoms. The Bertz CT molecular complexity index is 1160. The van der Waals surface area contributed by atoms with Gasteiger partial charge in [0, 0.05) is 5.02 Å². The van der Waals surface area contributed by atoms with Crippen LogP contribution in [0.2, 0.25) is 5.02 Å². The van der Waals surface area contributed by atoms with Gasteiger partial charge in [-0.2, -0.15) is 0 Å². The van der Waals surface area contributed by atoms with Gasteiger partial charge in [0.1, 0.15) is 5.92 Å². The van der Waals surface area contributed by atoms with E-state index in [1.54, 1.807) is 30.2 Å². The fourth-order valence-electron chi connectivity index (χ4n) is 4.39. The smallest absolute Gasteiger partial charge is 0.266 e. The number of carbonyl (C=O) groups excluding carboxylic acids is 2. The topological polar surface area (TPSA) is 49.9 Å². The summed E-state index contributed by atoms with van der Waals surface area (Å²) in [6.07, 6.45) is -0.891. The van der Waals surface area contributed by atoms with Gasteiger partial charge in [-0.05, 0) is 49.2 Å². The predicted octanol–water partition coefficient (Wildman–Crippen LogP) is 5.01. The molecule has 3 aromatic rings. The fourth-order valence-corrected chi connectivity index (χ4v) is 4.56. The Kier molecular flexibility index (Phi) is 4.80. The molecular weight excluding hydrogens is 412 g/mol. The Morgan fingerprint density at radius 1 is 0.839 bits per heavy atom. The maximum atomic E-state index is 13.6. The number of aryl methyl sites for hydroxylation is 1. The molecule has 2 aliphatic rings. The lowest BCUT2D eigenvalue weighted by Crippen LogP contribution is -2.37. The highest BCUT2D eigenvalue weighted by Gasteiger charge is 2.60. The third kappa shape index (κ3) is 3.12. The number of nitrogens with zero attached hydrogens (tertiary/aromatic N) is 2. The van der Waals surface area contributed by atoms with Crippen molar-refractivity contribution in [1.82, 2.24) is 0 Å². The minimum absolute atomic E-state index is 0.274. The van der Waals surface area contributed by atoms with Gasteiger partial charge in [-0.15, -0.1) is 0 Å². The maximum Gasteiger partial charge on any atom is 0.266 e. The second-order valence-corrected chi connectivity index (χ2v) is 8.37. The average molecular weight is 433 g/mol. The lowest BCUT2D eigenvalue weighted by atomic mass is 9.90. The average Bonchev–Trinajstić information content (AvgIpc) is 3.28. The summed E-state index contributed by atoms with van der Waals surface area (Å²) in [7, 11) is 0. The van der Waals surface area contributed by atoms with Crippen LogP contribution in [0.15, 0.2) is 72.8 Å². The van der Waals surface area contributed by atoms with Crippen molar-refractivity contribution in [2.75, 3.05) is 9.96 Å². The number of hydroxylamine groups is 1. The quantitative estimate of drug-likeness (QED) is 0.546. The highest BCUT2D eigenvalue weighted by molar-refractivity contribution is 6.32. The number of hydrogen-bond acceptors (Lipinski definition) is 4. The van der Waals surface area contributed by atoms with Crippen LogP contribution in [0, 0.1) is 19.8 Å². The third-order valence-electron chi connectivity index (χ3n) is 6.02. The molecule has 3 atom stereocenters. The molecule has 31 heavy (non-hydrogen) atoms. The van der Waals surface area contributed by atoms with Crippen LogP contribution >= 0.6 is 11.6 Å². The van der Waals surface area contributed by atoms with Crippen LogP contribution in [0.4, 0.5) is 11.4 Å². The summed E-state index contributed by atoms with van der Waals surface area (Å²) in [6, 6.07) is 22.4. The zero-order valence-corrected chi connectivity index (χ0v) is 17.9. The van der Waals surface area contributed by atoms with Gasteiger partial charge in [-0.1, -0.05) is 65.7 Å². The van der Waals surface area contributed by atoms with Gasteiger partial charge in [0.2, 0.25) is 5.91 Å². The van der Waals surface area contributed by atoms with E-state index in [9.17, 15) is 9.59 Å². The minimum Gasteiger partial charge on any atom is -0.273 e. The van der Waals surface area contributed by atoms with Gasteiger partial charge >= 0.3 is 0 Å². The molecule has 2 fully saturated rings. The molecular formula is C25H21ClN2O3. The summed E-state index contributed by atoms with van der Waals surface area (Å²) in [6.45, 7) is 3.82. The van der Waals surface area contributed by atoms with Gasteiger partial charge in [-0.3, -0.25) is 14.4 Å². The highest BCUT2D eigenvalue weighted by Crippen LogP contribution is 2.48. The first-order valence-corrected chi connectivity index (χ1v) is 10.6. The van der Waals surface area contributed by atoms with E-state index in [1.807, 2.05) is 61.5 Å². The fraction of sp³-hybridized carbons (Fsp3) is 0.200. The van der Waals surface area contributed by atoms with Crippen LogP contribution in [-0.4, -0.2) is 17.9 Å². The number of para-hydroxylation sites is 1. The minimum atomic E-state index is -0.891. The van der Waals surface area contributed by atoms with Crippen molar-refractivity contribution in [2.24, 2.45) is 5.92 Å². The van der Waals surface area contributed by atoms with Gasteiger partial charge in [0.15, 0.2) is 6.10 Å². The largest absolute Gasteiger partial charge is 0.273 e. The molecule has 0 spiro atoms. The predicted molar refractivity (Wildman–Crippen MR) is 120 cm³/mol. The molecule has 2 aliphatic heterocycles. The number of benzene rings is 3. The van der Waals surface area contributed by atoms with Crippen LogP contribution < -0.4 is 9.96 Å². The summed E-state index contributed by atoms with van der Waals surface area (Å²) in [5, 5.41) is 2.22. The van der Waals surface area contributed by atoms with E-state index in [-0.39, 0.29) is 11.8 Å². The molecule has 6 heteroatoms. The normalized spacial score (nSPS) is 22.9. The molecule has 2 saturated heterocycles. The molecule has 0 saturated carbocycles. The van der Waals surface area contributed by atoms with Crippen molar-refractivity contribution < 1.29 is 14.4 Å². The first kappa shape index (κ1) is 19.8. The van der Waals surface area contributed by atoms with E-state index in [4.69, 9.17) is 16.4 Å². The Labute approximate surface area is 185 Å². The van der Waals surface area contributed by atoms with E-state index in [0.29, 0.717) is 16.3 Å². The van der Waals surface area contributed by atoms with Crippen molar-refractivity contribution >= 4 is 34.8 Å². The van der Waals surface area contributed by atoms with Crippen LogP contribution in [0.5, 0.6) is 0 Å². The number of carbonyl (C=O) groups is 2. The van der Waals surface area contributed by atoms with Gasteiger partial charge in [0.25, 0.3) is 5.91 Å². The van der Waals surface area contributed by atoms with Crippen molar-refractivity contribution in [3.8, 4) is 0 Å². The molecule has 0 unspecified atom stereocenters. The SMILES string of the molecule is Cc1ccc([C@H]2[C@@H]3C(=O)N(c4cccc(Cl)c4C)C(=O)[C@H]3ON2c2ccccc2)cc1. The van der Waals surface area contributed by atoms with Gasteiger partial charge in [0.05, 0.1) is 17.4 Å².